The molecule has 70 heavy (non-hydrogen) atoms. The number of rotatable bonds is 5. The second kappa shape index (κ2) is 15.5. The average molecular weight is 903 g/mol. The van der Waals surface area contributed by atoms with E-state index in [9.17, 15) is 0 Å². The Bertz CT molecular complexity index is 3740. The van der Waals surface area contributed by atoms with Gasteiger partial charge in [0.1, 0.15) is 0 Å². The molecule has 2 aliphatic heterocycles. The molecule has 340 valence electrons. The maximum Gasteiger partial charge on any atom is 0.0443 e. The summed E-state index contributed by atoms with van der Waals surface area (Å²) in [5, 5.41) is 5.20. The van der Waals surface area contributed by atoms with Crippen molar-refractivity contribution in [3.63, 3.8) is 0 Å². The van der Waals surface area contributed by atoms with Crippen LogP contribution in [0.3, 0.4) is 0 Å². The highest BCUT2D eigenvalue weighted by Crippen LogP contribution is 2.55. The molecule has 2 nitrogen and oxygen atoms in total. The number of hydrogen-bond acceptors (Lipinski definition) is 2. The number of benzene rings is 9. The zero-order chi connectivity index (χ0) is 46.9. The van der Waals surface area contributed by atoms with Crippen LogP contribution in [0.1, 0.15) is 92.3 Å². The maximum atomic E-state index is 2.59. The van der Waals surface area contributed by atoms with Crippen LogP contribution in [-0.4, -0.2) is 13.1 Å². The molecule has 0 fully saturated rings. The lowest BCUT2D eigenvalue weighted by Crippen LogP contribution is -2.24. The Morgan fingerprint density at radius 3 is 1.59 bits per heavy atom. The number of allylic oxidation sites excluding steroid dienone is 4. The van der Waals surface area contributed by atoms with Gasteiger partial charge < -0.3 is 9.80 Å². The molecule has 3 aliphatic carbocycles. The first-order chi connectivity index (χ1) is 34.2. The molecule has 0 unspecified atom stereocenters. The van der Waals surface area contributed by atoms with Crippen molar-refractivity contribution in [2.75, 3.05) is 22.9 Å². The van der Waals surface area contributed by atoms with Crippen molar-refractivity contribution in [1.82, 2.24) is 0 Å². The van der Waals surface area contributed by atoms with Crippen LogP contribution in [0.15, 0.2) is 188 Å². The standard InChI is InChI=1S/C68H58N2/c1-67(2)59-25-11-9-22-50(59)52-33-29-45(39-61(52)67)49-21-7-8-24-54(49)66-56-36-32-47(69-37-15-19-43-17-5-13-27-63(43)69)41-57(56)65(46-30-34-53-51-23-10-12-26-60(51)68(3,4)62(53)40-46)55-35-31-48(42-58(55)66)70-38-16-20-44-18-6-14-28-64(44)70/h5-14,17-18,21-28,30-32,34-36,39-42H,15-16,19-20,29,33,37-38H2,1-4H3. The van der Waals surface area contributed by atoms with Crippen molar-refractivity contribution < 1.29 is 0 Å². The summed E-state index contributed by atoms with van der Waals surface area (Å²) in [6, 6.07) is 68.0. The van der Waals surface area contributed by atoms with Crippen LogP contribution in [0.25, 0.3) is 66.1 Å². The van der Waals surface area contributed by atoms with E-state index in [1.807, 2.05) is 0 Å². The second-order valence-electron chi connectivity index (χ2n) is 21.7. The zero-order valence-electron chi connectivity index (χ0n) is 40.9. The van der Waals surface area contributed by atoms with Gasteiger partial charge in [0, 0.05) is 46.7 Å². The minimum absolute atomic E-state index is 0.0531. The highest BCUT2D eigenvalue weighted by Gasteiger charge is 2.39. The molecule has 0 radical (unpaired) electrons. The van der Waals surface area contributed by atoms with Gasteiger partial charge in [-0.05, 0) is 192 Å². The Balaban J connectivity index is 1.06. The van der Waals surface area contributed by atoms with E-state index in [1.54, 1.807) is 0 Å². The fourth-order valence-electron chi connectivity index (χ4n) is 13.8. The number of fused-ring (bicyclic) bond motifs is 9. The minimum atomic E-state index is -0.123. The molecule has 0 bridgehead atoms. The van der Waals surface area contributed by atoms with Crippen molar-refractivity contribution >= 4 is 55.4 Å². The smallest absolute Gasteiger partial charge is 0.0443 e. The largest absolute Gasteiger partial charge is 0.341 e. The number of aryl methyl sites for hydroxylation is 2. The highest BCUT2D eigenvalue weighted by atomic mass is 15.1. The van der Waals surface area contributed by atoms with E-state index in [2.05, 4.69) is 219 Å². The van der Waals surface area contributed by atoms with Gasteiger partial charge in [0.15, 0.2) is 0 Å². The number of para-hydroxylation sites is 2. The molecule has 2 heteroatoms. The first kappa shape index (κ1) is 41.5. The molecule has 0 amide bonds. The van der Waals surface area contributed by atoms with Crippen LogP contribution in [0.4, 0.5) is 22.7 Å². The number of anilines is 4. The molecule has 0 spiro atoms. The van der Waals surface area contributed by atoms with Crippen LogP contribution in [0.2, 0.25) is 0 Å². The van der Waals surface area contributed by atoms with Gasteiger partial charge in [-0.15, -0.1) is 0 Å². The zero-order valence-corrected chi connectivity index (χ0v) is 40.9. The number of hydrogen-bond donors (Lipinski definition) is 0. The maximum absolute atomic E-state index is 2.59. The van der Waals surface area contributed by atoms with Crippen LogP contribution in [-0.2, 0) is 23.7 Å². The molecule has 0 saturated carbocycles. The Hall–Kier alpha value is -7.42. The molecular formula is C68H58N2. The third kappa shape index (κ3) is 6.11. The highest BCUT2D eigenvalue weighted by molar-refractivity contribution is 6.23. The van der Waals surface area contributed by atoms with Gasteiger partial charge in [-0.2, -0.15) is 0 Å². The summed E-state index contributed by atoms with van der Waals surface area (Å²) in [4.78, 5) is 5.17. The third-order valence-electron chi connectivity index (χ3n) is 17.2. The van der Waals surface area contributed by atoms with Crippen LogP contribution in [0, 0.1) is 0 Å². The predicted octanol–water partition coefficient (Wildman–Crippen LogP) is 17.7. The first-order valence-corrected chi connectivity index (χ1v) is 25.9. The minimum Gasteiger partial charge on any atom is -0.341 e. The lowest BCUT2D eigenvalue weighted by atomic mass is 9.77. The molecule has 9 aromatic rings. The van der Waals surface area contributed by atoms with E-state index in [-0.39, 0.29) is 10.8 Å². The van der Waals surface area contributed by atoms with Crippen molar-refractivity contribution in [3.05, 3.63) is 227 Å². The molecule has 2 heterocycles. The summed E-state index contributed by atoms with van der Waals surface area (Å²) in [5.41, 5.74) is 27.3. The monoisotopic (exact) mass is 902 g/mol. The topological polar surface area (TPSA) is 6.48 Å². The molecular weight excluding hydrogens is 845 g/mol. The third-order valence-corrected chi connectivity index (χ3v) is 17.2. The summed E-state index contributed by atoms with van der Waals surface area (Å²) in [6.07, 6.45) is 9.15. The van der Waals surface area contributed by atoms with E-state index < -0.39 is 0 Å². The van der Waals surface area contributed by atoms with Crippen LogP contribution >= 0.6 is 0 Å². The molecule has 5 aliphatic rings. The molecule has 9 aromatic carbocycles. The predicted molar refractivity (Wildman–Crippen MR) is 297 cm³/mol. The molecule has 14 rings (SSSR count). The van der Waals surface area contributed by atoms with Gasteiger partial charge in [0.2, 0.25) is 0 Å². The quantitative estimate of drug-likeness (QED) is 0.159. The average Bonchev–Trinajstić information content (AvgIpc) is 3.78. The first-order valence-electron chi connectivity index (χ1n) is 25.9. The Kier molecular flexibility index (Phi) is 9.22. The molecule has 0 atom stereocenters. The van der Waals surface area contributed by atoms with Gasteiger partial charge >= 0.3 is 0 Å². The van der Waals surface area contributed by atoms with E-state index in [0.29, 0.717) is 0 Å². The van der Waals surface area contributed by atoms with E-state index in [4.69, 9.17) is 0 Å². The summed E-state index contributed by atoms with van der Waals surface area (Å²) in [5.74, 6) is 0. The fraction of sp³-hybridized carbons (Fsp3) is 0.206. The van der Waals surface area contributed by atoms with Gasteiger partial charge in [-0.25, -0.2) is 0 Å². The SMILES string of the molecule is CC1(C)C2=C(CCC(c3ccccc3-c3c4ccc(N5CCCc6ccccc65)cc4c(-c4ccc5c(c4)C(C)(C)c4ccccc4-5)c4ccc(N5CCCc6ccccc65)cc34)=C2)c2ccccc21. The summed E-state index contributed by atoms with van der Waals surface area (Å²) < 4.78 is 0. The van der Waals surface area contributed by atoms with Crippen molar-refractivity contribution in [2.24, 2.45) is 0 Å². The number of nitrogens with zero attached hydrogens (tertiary/aromatic N) is 2. The van der Waals surface area contributed by atoms with Gasteiger partial charge in [0.25, 0.3) is 0 Å². The van der Waals surface area contributed by atoms with Crippen molar-refractivity contribution in [2.45, 2.75) is 77.0 Å². The lowest BCUT2D eigenvalue weighted by Gasteiger charge is -2.33. The summed E-state index contributed by atoms with van der Waals surface area (Å²) in [7, 11) is 0. The summed E-state index contributed by atoms with van der Waals surface area (Å²) >= 11 is 0. The van der Waals surface area contributed by atoms with E-state index in [1.165, 1.54) is 133 Å². The Morgan fingerprint density at radius 2 is 0.914 bits per heavy atom. The molecule has 0 N–H and O–H groups in total. The van der Waals surface area contributed by atoms with Gasteiger partial charge in [0.05, 0.1) is 0 Å². The normalized spacial score (nSPS) is 17.2. The summed E-state index contributed by atoms with van der Waals surface area (Å²) in [6.45, 7) is 11.7. The second-order valence-corrected chi connectivity index (χ2v) is 21.7. The van der Waals surface area contributed by atoms with Gasteiger partial charge in [-0.1, -0.05) is 167 Å². The van der Waals surface area contributed by atoms with Gasteiger partial charge in [-0.3, -0.25) is 0 Å². The Morgan fingerprint density at radius 1 is 0.386 bits per heavy atom. The lowest BCUT2D eigenvalue weighted by molar-refractivity contribution is 0.652. The fourth-order valence-corrected chi connectivity index (χ4v) is 13.8. The van der Waals surface area contributed by atoms with Crippen molar-refractivity contribution in [3.8, 4) is 33.4 Å². The van der Waals surface area contributed by atoms with Crippen LogP contribution in [0.5, 0.6) is 0 Å². The molecule has 0 saturated heterocycles. The molecule has 0 aromatic heterocycles. The van der Waals surface area contributed by atoms with E-state index in [0.717, 1.165) is 51.6 Å². The van der Waals surface area contributed by atoms with Crippen LogP contribution < -0.4 is 9.80 Å². The van der Waals surface area contributed by atoms with Crippen molar-refractivity contribution in [1.29, 1.82) is 0 Å². The van der Waals surface area contributed by atoms with E-state index >= 15 is 0 Å². The Labute approximate surface area is 413 Å².